The molecule has 2 aromatic heterocycles. The Balaban J connectivity index is 2.25. The number of hydrogen-bond acceptors (Lipinski definition) is 2. The van der Waals surface area contributed by atoms with E-state index in [1.54, 1.807) is 0 Å². The second-order valence-corrected chi connectivity index (χ2v) is 5.63. The summed E-state index contributed by atoms with van der Waals surface area (Å²) in [6.07, 6.45) is 1.83. The van der Waals surface area contributed by atoms with Crippen LogP contribution in [0.4, 0.5) is 0 Å². The summed E-state index contributed by atoms with van der Waals surface area (Å²) in [5, 5.41) is 0. The molecule has 3 nitrogen and oxygen atoms in total. The van der Waals surface area contributed by atoms with Gasteiger partial charge in [0.05, 0.1) is 16.7 Å². The highest BCUT2D eigenvalue weighted by molar-refractivity contribution is 9.10. The fourth-order valence-corrected chi connectivity index (χ4v) is 2.33. The molecule has 2 heterocycles. The number of hydrogen-bond donors (Lipinski definition) is 0. The second kappa shape index (κ2) is 4.46. The minimum Gasteiger partial charge on any atom is -0.283 e. The Labute approximate surface area is 120 Å². The largest absolute Gasteiger partial charge is 0.283 e. The van der Waals surface area contributed by atoms with E-state index in [1.807, 2.05) is 30.0 Å². The smallest absolute Gasteiger partial charge is 0.138 e. The quantitative estimate of drug-likeness (QED) is 0.676. The zero-order chi connectivity index (χ0) is 13.6. The molecule has 0 radical (unpaired) electrons. The first-order chi connectivity index (χ1) is 9.06. The molecule has 96 valence electrons. The molecule has 0 saturated carbocycles. The summed E-state index contributed by atoms with van der Waals surface area (Å²) >= 11 is 3.48. The summed E-state index contributed by atoms with van der Waals surface area (Å²) in [7, 11) is 0. The van der Waals surface area contributed by atoms with Crippen molar-refractivity contribution in [3.05, 3.63) is 51.9 Å². The van der Waals surface area contributed by atoms with Crippen LogP contribution in [0.2, 0.25) is 0 Å². The van der Waals surface area contributed by atoms with Gasteiger partial charge in [0.15, 0.2) is 0 Å². The van der Waals surface area contributed by atoms with E-state index in [4.69, 9.17) is 0 Å². The van der Waals surface area contributed by atoms with Gasteiger partial charge in [0.1, 0.15) is 12.1 Å². The maximum atomic E-state index is 4.59. The Hall–Kier alpha value is -1.68. The molecule has 0 bridgehead atoms. The lowest BCUT2D eigenvalue weighted by Gasteiger charge is -2.07. The van der Waals surface area contributed by atoms with Gasteiger partial charge in [-0.2, -0.15) is 0 Å². The molecule has 0 atom stereocenters. The molecular weight excluding hydrogens is 302 g/mol. The predicted octanol–water partition coefficient (Wildman–Crippen LogP) is 4.11. The molecular formula is C15H14BrN3. The predicted molar refractivity (Wildman–Crippen MR) is 80.8 cm³/mol. The van der Waals surface area contributed by atoms with E-state index in [0.29, 0.717) is 0 Å². The summed E-state index contributed by atoms with van der Waals surface area (Å²) < 4.78 is 3.05. The summed E-state index contributed by atoms with van der Waals surface area (Å²) in [5.41, 5.74) is 5.60. The number of pyridine rings is 1. The molecule has 0 aliphatic heterocycles. The van der Waals surface area contributed by atoms with E-state index in [1.165, 1.54) is 11.1 Å². The highest BCUT2D eigenvalue weighted by Crippen LogP contribution is 2.22. The van der Waals surface area contributed by atoms with Gasteiger partial charge in [0.2, 0.25) is 0 Å². The van der Waals surface area contributed by atoms with E-state index in [-0.39, 0.29) is 0 Å². The summed E-state index contributed by atoms with van der Waals surface area (Å²) in [6.45, 7) is 6.21. The number of fused-ring (bicyclic) bond motifs is 1. The molecule has 0 aliphatic rings. The minimum atomic E-state index is 0.895. The van der Waals surface area contributed by atoms with Crippen LogP contribution in [-0.4, -0.2) is 14.5 Å². The van der Waals surface area contributed by atoms with Crippen molar-refractivity contribution in [3.63, 3.8) is 0 Å². The number of halogens is 1. The molecule has 0 N–H and O–H groups in total. The number of nitrogens with zero attached hydrogens (tertiary/aromatic N) is 3. The van der Waals surface area contributed by atoms with Crippen molar-refractivity contribution in [2.75, 3.05) is 0 Å². The lowest BCUT2D eigenvalue weighted by molar-refractivity contribution is 0.995. The minimum absolute atomic E-state index is 0.895. The lowest BCUT2D eigenvalue weighted by Crippen LogP contribution is -1.98. The Bertz CT molecular complexity index is 774. The van der Waals surface area contributed by atoms with Gasteiger partial charge in [-0.25, -0.2) is 9.97 Å². The molecule has 0 unspecified atom stereocenters. The van der Waals surface area contributed by atoms with Gasteiger partial charge in [-0.15, -0.1) is 0 Å². The summed E-state index contributed by atoms with van der Waals surface area (Å²) in [5.74, 6) is 0.895. The van der Waals surface area contributed by atoms with Gasteiger partial charge in [-0.3, -0.25) is 4.57 Å². The Morgan fingerprint density at radius 1 is 1.05 bits per heavy atom. The first-order valence-electron chi connectivity index (χ1n) is 6.14. The van der Waals surface area contributed by atoms with Crippen molar-refractivity contribution in [3.8, 4) is 5.82 Å². The van der Waals surface area contributed by atoms with Gasteiger partial charge in [-0.05, 0) is 72.1 Å². The average Bonchev–Trinajstić information content (AvgIpc) is 2.76. The van der Waals surface area contributed by atoms with Crippen molar-refractivity contribution in [2.24, 2.45) is 0 Å². The van der Waals surface area contributed by atoms with E-state index >= 15 is 0 Å². The van der Waals surface area contributed by atoms with Crippen LogP contribution in [0.15, 0.2) is 35.1 Å². The average molecular weight is 316 g/mol. The molecule has 1 aromatic carbocycles. The molecule has 0 fully saturated rings. The Kier molecular flexibility index (Phi) is 2.90. The molecule has 0 amide bonds. The fourth-order valence-electron chi connectivity index (χ4n) is 2.11. The van der Waals surface area contributed by atoms with Crippen molar-refractivity contribution in [2.45, 2.75) is 20.8 Å². The monoisotopic (exact) mass is 315 g/mol. The maximum absolute atomic E-state index is 4.59. The van der Waals surface area contributed by atoms with Crippen molar-refractivity contribution in [1.82, 2.24) is 14.5 Å². The van der Waals surface area contributed by atoms with E-state index < -0.39 is 0 Å². The number of aryl methyl sites for hydroxylation is 3. The molecule has 0 saturated heterocycles. The first-order valence-corrected chi connectivity index (χ1v) is 6.93. The lowest BCUT2D eigenvalue weighted by atomic mass is 10.1. The zero-order valence-electron chi connectivity index (χ0n) is 11.1. The molecule has 4 heteroatoms. The van der Waals surface area contributed by atoms with Crippen LogP contribution in [-0.2, 0) is 0 Å². The number of rotatable bonds is 1. The number of aromatic nitrogens is 3. The van der Waals surface area contributed by atoms with Crippen LogP contribution in [0, 0.1) is 20.8 Å². The number of imidazole rings is 1. The second-order valence-electron chi connectivity index (χ2n) is 4.78. The van der Waals surface area contributed by atoms with Crippen LogP contribution >= 0.6 is 15.9 Å². The van der Waals surface area contributed by atoms with Crippen molar-refractivity contribution >= 4 is 27.0 Å². The number of benzene rings is 1. The normalized spacial score (nSPS) is 11.2. The van der Waals surface area contributed by atoms with Crippen LogP contribution in [0.1, 0.15) is 16.8 Å². The summed E-state index contributed by atoms with van der Waals surface area (Å²) in [4.78, 5) is 9.05. The third kappa shape index (κ3) is 2.06. The van der Waals surface area contributed by atoms with Gasteiger partial charge in [0, 0.05) is 4.47 Å². The zero-order valence-corrected chi connectivity index (χ0v) is 12.7. The molecule has 0 aliphatic carbocycles. The van der Waals surface area contributed by atoms with Crippen molar-refractivity contribution in [1.29, 1.82) is 0 Å². The van der Waals surface area contributed by atoms with Gasteiger partial charge in [0.25, 0.3) is 0 Å². The standard InChI is InChI=1S/C15H14BrN3/c1-9-6-13-14(7-10(9)2)19(8-17-13)15-5-4-12(16)11(3)18-15/h4-8H,1-3H3. The van der Waals surface area contributed by atoms with Crippen LogP contribution < -0.4 is 0 Å². The van der Waals surface area contributed by atoms with E-state index in [2.05, 4.69) is 51.9 Å². The first kappa shape index (κ1) is 12.4. The van der Waals surface area contributed by atoms with Gasteiger partial charge >= 0.3 is 0 Å². The highest BCUT2D eigenvalue weighted by atomic mass is 79.9. The summed E-state index contributed by atoms with van der Waals surface area (Å²) in [6, 6.07) is 8.29. The molecule has 3 rings (SSSR count). The Morgan fingerprint density at radius 3 is 2.53 bits per heavy atom. The molecule has 0 spiro atoms. The topological polar surface area (TPSA) is 30.7 Å². The molecule has 19 heavy (non-hydrogen) atoms. The van der Waals surface area contributed by atoms with Gasteiger partial charge < -0.3 is 0 Å². The SMILES string of the molecule is Cc1cc2ncn(-c3ccc(Br)c(C)n3)c2cc1C. The molecule has 3 aromatic rings. The van der Waals surface area contributed by atoms with Crippen LogP contribution in [0.3, 0.4) is 0 Å². The van der Waals surface area contributed by atoms with E-state index in [0.717, 1.165) is 27.0 Å². The maximum Gasteiger partial charge on any atom is 0.138 e. The van der Waals surface area contributed by atoms with Crippen LogP contribution in [0.5, 0.6) is 0 Å². The third-order valence-corrected chi connectivity index (χ3v) is 4.25. The Morgan fingerprint density at radius 2 is 1.79 bits per heavy atom. The van der Waals surface area contributed by atoms with Gasteiger partial charge in [-0.1, -0.05) is 0 Å². The van der Waals surface area contributed by atoms with Crippen LogP contribution in [0.25, 0.3) is 16.9 Å². The third-order valence-electron chi connectivity index (χ3n) is 3.42. The van der Waals surface area contributed by atoms with Crippen molar-refractivity contribution < 1.29 is 0 Å². The fraction of sp³-hybridized carbons (Fsp3) is 0.200. The van der Waals surface area contributed by atoms with E-state index in [9.17, 15) is 0 Å². The highest BCUT2D eigenvalue weighted by Gasteiger charge is 2.08.